The van der Waals surface area contributed by atoms with Crippen molar-refractivity contribution in [2.45, 2.75) is 20.0 Å². The van der Waals surface area contributed by atoms with Crippen molar-refractivity contribution in [3.05, 3.63) is 24.3 Å². The number of carbonyl (C=O) groups is 2. The smallest absolute Gasteiger partial charge is 0.330 e. The van der Waals surface area contributed by atoms with Crippen molar-refractivity contribution in [2.24, 2.45) is 0 Å². The first-order valence-electron chi connectivity index (χ1n) is 4.87. The monoisotopic (exact) mass is 228 g/mol. The molecule has 0 fully saturated rings. The minimum atomic E-state index is -0.835. The third-order valence-electron chi connectivity index (χ3n) is 1.50. The number of hydrogen-bond donors (Lipinski definition) is 1. The van der Waals surface area contributed by atoms with Gasteiger partial charge in [-0.2, -0.15) is 0 Å². The summed E-state index contributed by atoms with van der Waals surface area (Å²) < 4.78 is 9.52. The maximum absolute atomic E-state index is 11.0. The van der Waals surface area contributed by atoms with Gasteiger partial charge in [-0.25, -0.2) is 9.59 Å². The summed E-state index contributed by atoms with van der Waals surface area (Å²) in [6, 6.07) is 0. The molecule has 0 aliphatic carbocycles. The lowest BCUT2D eigenvalue weighted by Crippen LogP contribution is -2.27. The summed E-state index contributed by atoms with van der Waals surface area (Å²) in [5.74, 6) is -1.12. The first-order valence-corrected chi connectivity index (χ1v) is 4.87. The molecule has 16 heavy (non-hydrogen) atoms. The molecule has 5 nitrogen and oxygen atoms in total. The number of carbonyl (C=O) groups excluding carboxylic acids is 2. The Balaban J connectivity index is 4.01. The van der Waals surface area contributed by atoms with Gasteiger partial charge in [0.15, 0.2) is 6.10 Å². The van der Waals surface area contributed by atoms with Crippen molar-refractivity contribution in [3.63, 3.8) is 0 Å². The number of aliphatic hydroxyl groups is 1. The fourth-order valence-electron chi connectivity index (χ4n) is 0.823. The van der Waals surface area contributed by atoms with Crippen LogP contribution in [0.2, 0.25) is 0 Å². The normalized spacial score (nSPS) is 12.9. The van der Waals surface area contributed by atoms with Gasteiger partial charge < -0.3 is 14.6 Å². The Hall–Kier alpha value is -1.62. The van der Waals surface area contributed by atoms with Gasteiger partial charge in [-0.1, -0.05) is 12.2 Å². The molecule has 0 bridgehead atoms. The predicted molar refractivity (Wildman–Crippen MR) is 57.6 cm³/mol. The van der Waals surface area contributed by atoms with Gasteiger partial charge in [0.25, 0.3) is 0 Å². The zero-order valence-electron chi connectivity index (χ0n) is 9.38. The fraction of sp³-hybridized carbons (Fsp3) is 0.455. The van der Waals surface area contributed by atoms with E-state index in [2.05, 4.69) is 0 Å². The fourth-order valence-corrected chi connectivity index (χ4v) is 0.823. The molecule has 0 aliphatic rings. The summed E-state index contributed by atoms with van der Waals surface area (Å²) in [7, 11) is 0. The van der Waals surface area contributed by atoms with Crippen LogP contribution in [0.25, 0.3) is 0 Å². The SMILES string of the molecule is C/C=C\C(=O)OCC(CO)OC(=O)/C=C\C. The van der Waals surface area contributed by atoms with Gasteiger partial charge in [0.2, 0.25) is 0 Å². The summed E-state index contributed by atoms with van der Waals surface area (Å²) in [4.78, 5) is 21.9. The van der Waals surface area contributed by atoms with E-state index >= 15 is 0 Å². The maximum Gasteiger partial charge on any atom is 0.330 e. The van der Waals surface area contributed by atoms with Crippen molar-refractivity contribution in [2.75, 3.05) is 13.2 Å². The molecule has 0 heterocycles. The van der Waals surface area contributed by atoms with E-state index < -0.39 is 24.6 Å². The minimum Gasteiger partial charge on any atom is -0.458 e. The molecule has 0 aromatic rings. The molecule has 0 aliphatic heterocycles. The number of rotatable bonds is 6. The second-order valence-electron chi connectivity index (χ2n) is 2.87. The quantitative estimate of drug-likeness (QED) is 0.532. The number of ether oxygens (including phenoxy) is 2. The van der Waals surface area contributed by atoms with Gasteiger partial charge >= 0.3 is 11.9 Å². The molecule has 0 saturated carbocycles. The maximum atomic E-state index is 11.0. The molecule has 90 valence electrons. The summed E-state index contributed by atoms with van der Waals surface area (Å²) >= 11 is 0. The van der Waals surface area contributed by atoms with Crippen LogP contribution in [0.5, 0.6) is 0 Å². The topological polar surface area (TPSA) is 72.8 Å². The molecule has 0 rings (SSSR count). The van der Waals surface area contributed by atoms with Crippen LogP contribution in [0, 0.1) is 0 Å². The molecule has 0 amide bonds. The van der Waals surface area contributed by atoms with Gasteiger partial charge in [0.05, 0.1) is 6.61 Å². The first-order chi connectivity index (χ1) is 7.63. The van der Waals surface area contributed by atoms with Gasteiger partial charge in [-0.15, -0.1) is 0 Å². The van der Waals surface area contributed by atoms with Crippen LogP contribution in [0.1, 0.15) is 13.8 Å². The Labute approximate surface area is 94.4 Å². The van der Waals surface area contributed by atoms with Gasteiger partial charge in [-0.05, 0) is 13.8 Å². The highest BCUT2D eigenvalue weighted by Gasteiger charge is 2.13. The Kier molecular flexibility index (Phi) is 7.79. The number of aliphatic hydroxyl groups excluding tert-OH is 1. The Bertz CT molecular complexity index is 280. The van der Waals surface area contributed by atoms with Crippen LogP contribution in [0.4, 0.5) is 0 Å². The second kappa shape index (κ2) is 8.67. The van der Waals surface area contributed by atoms with Crippen LogP contribution in [-0.2, 0) is 19.1 Å². The Morgan fingerprint density at radius 1 is 1.19 bits per heavy atom. The zero-order valence-corrected chi connectivity index (χ0v) is 9.38. The highest BCUT2D eigenvalue weighted by molar-refractivity contribution is 5.82. The van der Waals surface area contributed by atoms with E-state index in [0.717, 1.165) is 0 Å². The van der Waals surface area contributed by atoms with Crippen LogP contribution >= 0.6 is 0 Å². The lowest BCUT2D eigenvalue weighted by Gasteiger charge is -2.13. The number of esters is 2. The number of hydrogen-bond acceptors (Lipinski definition) is 5. The van der Waals surface area contributed by atoms with E-state index in [1.807, 2.05) is 0 Å². The lowest BCUT2D eigenvalue weighted by atomic mass is 10.4. The minimum absolute atomic E-state index is 0.164. The highest BCUT2D eigenvalue weighted by atomic mass is 16.6. The highest BCUT2D eigenvalue weighted by Crippen LogP contribution is 1.96. The van der Waals surface area contributed by atoms with Crippen molar-refractivity contribution >= 4 is 11.9 Å². The molecule has 0 aromatic heterocycles. The molecule has 0 spiro atoms. The predicted octanol–water partition coefficient (Wildman–Crippen LogP) is 0.586. The third-order valence-corrected chi connectivity index (χ3v) is 1.50. The molecule has 0 aromatic carbocycles. The summed E-state index contributed by atoms with van der Waals surface area (Å²) in [6.07, 6.45) is 4.67. The first kappa shape index (κ1) is 14.4. The van der Waals surface area contributed by atoms with Crippen LogP contribution in [0.3, 0.4) is 0 Å². The van der Waals surface area contributed by atoms with Crippen molar-refractivity contribution in [1.82, 2.24) is 0 Å². The van der Waals surface area contributed by atoms with E-state index in [9.17, 15) is 9.59 Å². The Morgan fingerprint density at radius 3 is 2.25 bits per heavy atom. The van der Waals surface area contributed by atoms with E-state index in [-0.39, 0.29) is 6.61 Å². The molecular weight excluding hydrogens is 212 g/mol. The van der Waals surface area contributed by atoms with Crippen LogP contribution < -0.4 is 0 Å². The average Bonchev–Trinajstić information content (AvgIpc) is 2.25. The molecule has 1 atom stereocenters. The average molecular weight is 228 g/mol. The molecule has 0 saturated heterocycles. The lowest BCUT2D eigenvalue weighted by molar-refractivity contribution is -0.155. The standard InChI is InChI=1S/C11H16O5/c1-3-5-10(13)15-8-9(7-12)16-11(14)6-4-2/h3-6,9,12H,7-8H2,1-2H3/b5-3-,6-4-. The van der Waals surface area contributed by atoms with Gasteiger partial charge in [0, 0.05) is 12.2 Å². The molecule has 1 N–H and O–H groups in total. The van der Waals surface area contributed by atoms with Crippen molar-refractivity contribution in [1.29, 1.82) is 0 Å². The van der Waals surface area contributed by atoms with E-state index in [1.54, 1.807) is 13.8 Å². The zero-order chi connectivity index (χ0) is 12.4. The molecule has 1 unspecified atom stereocenters. The van der Waals surface area contributed by atoms with Gasteiger partial charge in [0.1, 0.15) is 6.61 Å². The van der Waals surface area contributed by atoms with E-state index in [1.165, 1.54) is 24.3 Å². The number of allylic oxidation sites excluding steroid dienone is 2. The van der Waals surface area contributed by atoms with Gasteiger partial charge in [-0.3, -0.25) is 0 Å². The molecular formula is C11H16O5. The Morgan fingerprint density at radius 2 is 1.75 bits per heavy atom. The van der Waals surface area contributed by atoms with E-state index in [4.69, 9.17) is 14.6 Å². The third kappa shape index (κ3) is 6.78. The van der Waals surface area contributed by atoms with Crippen LogP contribution in [-0.4, -0.2) is 36.4 Å². The largest absolute Gasteiger partial charge is 0.458 e. The summed E-state index contributed by atoms with van der Waals surface area (Å²) in [6.45, 7) is 2.79. The summed E-state index contributed by atoms with van der Waals surface area (Å²) in [5.41, 5.74) is 0. The van der Waals surface area contributed by atoms with Crippen LogP contribution in [0.15, 0.2) is 24.3 Å². The second-order valence-corrected chi connectivity index (χ2v) is 2.87. The van der Waals surface area contributed by atoms with E-state index in [0.29, 0.717) is 0 Å². The van der Waals surface area contributed by atoms with Crippen molar-refractivity contribution < 1.29 is 24.2 Å². The molecule has 0 radical (unpaired) electrons. The summed E-state index contributed by atoms with van der Waals surface area (Å²) in [5, 5.41) is 8.88. The van der Waals surface area contributed by atoms with Crippen molar-refractivity contribution in [3.8, 4) is 0 Å². The molecule has 5 heteroatoms.